The number of carbonyl (C=O) groups excluding carboxylic acids is 2. The molecule has 3 N–H and O–H groups in total. The second-order valence-corrected chi connectivity index (χ2v) is 3.37. The number of urea groups is 1. The maximum atomic E-state index is 11.5. The highest BCUT2D eigenvalue weighted by atomic mass is 16.4. The standard InChI is InChI=1S/C11H19N3O4/c1-3-14(4-2)9(15)8-13-11(18)12-7-5-6-10(16)17/h5-6H,3-4,7-8H2,1-2H3,(H,16,17)(H2,12,13,18)/b6-5+. The fraction of sp³-hybridized carbons (Fsp3) is 0.545. The van der Waals surface area contributed by atoms with Crippen molar-refractivity contribution in [1.29, 1.82) is 0 Å². The largest absolute Gasteiger partial charge is 0.478 e. The first kappa shape index (κ1) is 16.0. The van der Waals surface area contributed by atoms with Crippen LogP contribution in [0.2, 0.25) is 0 Å². The van der Waals surface area contributed by atoms with Gasteiger partial charge >= 0.3 is 12.0 Å². The van der Waals surface area contributed by atoms with Gasteiger partial charge in [0.05, 0.1) is 6.54 Å². The Labute approximate surface area is 106 Å². The molecule has 0 aliphatic rings. The number of hydrogen-bond acceptors (Lipinski definition) is 3. The van der Waals surface area contributed by atoms with E-state index < -0.39 is 12.0 Å². The number of carboxylic acids is 1. The Kier molecular flexibility index (Phi) is 8.00. The maximum Gasteiger partial charge on any atom is 0.328 e. The van der Waals surface area contributed by atoms with E-state index in [9.17, 15) is 14.4 Å². The Morgan fingerprint density at radius 1 is 1.17 bits per heavy atom. The van der Waals surface area contributed by atoms with Crippen LogP contribution >= 0.6 is 0 Å². The Balaban J connectivity index is 3.83. The van der Waals surface area contributed by atoms with Crippen molar-refractivity contribution in [3.05, 3.63) is 12.2 Å². The lowest BCUT2D eigenvalue weighted by atomic mass is 10.4. The number of amides is 3. The first-order chi connectivity index (χ1) is 8.51. The summed E-state index contributed by atoms with van der Waals surface area (Å²) in [5.74, 6) is -1.23. The summed E-state index contributed by atoms with van der Waals surface area (Å²) in [6.45, 7) is 4.93. The van der Waals surface area contributed by atoms with Crippen molar-refractivity contribution in [1.82, 2.24) is 15.5 Å². The van der Waals surface area contributed by atoms with E-state index in [4.69, 9.17) is 5.11 Å². The third-order valence-electron chi connectivity index (χ3n) is 2.16. The summed E-state index contributed by atoms with van der Waals surface area (Å²) in [5, 5.41) is 13.1. The van der Waals surface area contributed by atoms with Crippen LogP contribution in [0, 0.1) is 0 Å². The number of carboxylic acid groups (broad SMARTS) is 1. The van der Waals surface area contributed by atoms with E-state index in [-0.39, 0.29) is 19.0 Å². The molecule has 0 aromatic rings. The summed E-state index contributed by atoms with van der Waals surface area (Å²) in [5.41, 5.74) is 0. The Bertz CT molecular complexity index is 324. The van der Waals surface area contributed by atoms with Gasteiger partial charge in [0, 0.05) is 25.7 Å². The van der Waals surface area contributed by atoms with Crippen LogP contribution in [0.4, 0.5) is 4.79 Å². The van der Waals surface area contributed by atoms with Crippen molar-refractivity contribution >= 4 is 17.9 Å². The molecule has 3 amide bonds. The average Bonchev–Trinajstić information content (AvgIpc) is 2.33. The molecular formula is C11H19N3O4. The number of hydrogen-bond donors (Lipinski definition) is 3. The summed E-state index contributed by atoms with van der Waals surface area (Å²) in [4.78, 5) is 34.5. The van der Waals surface area contributed by atoms with Gasteiger partial charge in [-0.3, -0.25) is 4.79 Å². The van der Waals surface area contributed by atoms with Crippen LogP contribution in [0.15, 0.2) is 12.2 Å². The molecule has 0 unspecified atom stereocenters. The van der Waals surface area contributed by atoms with Gasteiger partial charge < -0.3 is 20.6 Å². The summed E-state index contributed by atoms with van der Waals surface area (Å²) in [6, 6.07) is -0.509. The first-order valence-corrected chi connectivity index (χ1v) is 5.70. The monoisotopic (exact) mass is 257 g/mol. The van der Waals surface area contributed by atoms with Gasteiger partial charge in [0.15, 0.2) is 0 Å². The molecule has 0 spiro atoms. The van der Waals surface area contributed by atoms with Crippen molar-refractivity contribution < 1.29 is 19.5 Å². The van der Waals surface area contributed by atoms with Gasteiger partial charge in [-0.1, -0.05) is 6.08 Å². The van der Waals surface area contributed by atoms with Crippen LogP contribution in [-0.4, -0.2) is 54.1 Å². The zero-order valence-electron chi connectivity index (χ0n) is 10.6. The molecule has 0 saturated heterocycles. The molecule has 102 valence electrons. The number of rotatable bonds is 7. The van der Waals surface area contributed by atoms with Gasteiger partial charge in [-0.05, 0) is 13.8 Å². The third-order valence-corrected chi connectivity index (χ3v) is 2.16. The molecule has 7 heteroatoms. The molecule has 0 heterocycles. The molecule has 0 aliphatic heterocycles. The molecule has 0 aliphatic carbocycles. The topological polar surface area (TPSA) is 98.7 Å². The highest BCUT2D eigenvalue weighted by Gasteiger charge is 2.10. The average molecular weight is 257 g/mol. The Hall–Kier alpha value is -2.05. The molecule has 7 nitrogen and oxygen atoms in total. The van der Waals surface area contributed by atoms with Crippen LogP contribution in [0.3, 0.4) is 0 Å². The lowest BCUT2D eigenvalue weighted by Gasteiger charge is -2.18. The Morgan fingerprint density at radius 3 is 2.28 bits per heavy atom. The van der Waals surface area contributed by atoms with E-state index in [0.29, 0.717) is 13.1 Å². The predicted molar refractivity (Wildman–Crippen MR) is 66.1 cm³/mol. The molecule has 0 aromatic carbocycles. The second-order valence-electron chi connectivity index (χ2n) is 3.37. The molecule has 18 heavy (non-hydrogen) atoms. The van der Waals surface area contributed by atoms with Crippen molar-refractivity contribution in [2.24, 2.45) is 0 Å². The molecule has 0 saturated carbocycles. The highest BCUT2D eigenvalue weighted by molar-refractivity contribution is 5.84. The maximum absolute atomic E-state index is 11.5. The van der Waals surface area contributed by atoms with Gasteiger partial charge in [-0.25, -0.2) is 9.59 Å². The Morgan fingerprint density at radius 2 is 1.78 bits per heavy atom. The van der Waals surface area contributed by atoms with E-state index in [1.165, 1.54) is 6.08 Å². The molecule has 0 rings (SSSR count). The van der Waals surface area contributed by atoms with Crippen molar-refractivity contribution in [3.63, 3.8) is 0 Å². The van der Waals surface area contributed by atoms with E-state index in [0.717, 1.165) is 6.08 Å². The summed E-state index contributed by atoms with van der Waals surface area (Å²) in [7, 11) is 0. The second kappa shape index (κ2) is 9.03. The third kappa shape index (κ3) is 7.26. The fourth-order valence-electron chi connectivity index (χ4n) is 1.22. The highest BCUT2D eigenvalue weighted by Crippen LogP contribution is 1.87. The molecule has 0 atom stereocenters. The smallest absolute Gasteiger partial charge is 0.328 e. The molecule has 0 bridgehead atoms. The summed E-state index contributed by atoms with van der Waals surface area (Å²) >= 11 is 0. The zero-order valence-corrected chi connectivity index (χ0v) is 10.6. The van der Waals surface area contributed by atoms with Crippen LogP contribution in [0.5, 0.6) is 0 Å². The van der Waals surface area contributed by atoms with Crippen LogP contribution in [0.1, 0.15) is 13.8 Å². The quantitative estimate of drug-likeness (QED) is 0.550. The van der Waals surface area contributed by atoms with E-state index in [1.54, 1.807) is 4.90 Å². The minimum Gasteiger partial charge on any atom is -0.478 e. The van der Waals surface area contributed by atoms with E-state index in [2.05, 4.69) is 10.6 Å². The van der Waals surface area contributed by atoms with Gasteiger partial charge in [-0.15, -0.1) is 0 Å². The van der Waals surface area contributed by atoms with E-state index >= 15 is 0 Å². The van der Waals surface area contributed by atoms with E-state index in [1.807, 2.05) is 13.8 Å². The number of nitrogens with one attached hydrogen (secondary N) is 2. The van der Waals surface area contributed by atoms with Crippen LogP contribution < -0.4 is 10.6 Å². The van der Waals surface area contributed by atoms with Crippen molar-refractivity contribution in [2.75, 3.05) is 26.2 Å². The minimum absolute atomic E-state index is 0.0733. The molecule has 0 aromatic heterocycles. The molecular weight excluding hydrogens is 238 g/mol. The number of likely N-dealkylation sites (N-methyl/N-ethyl adjacent to an activating group) is 1. The SMILES string of the molecule is CCN(CC)C(=O)CNC(=O)NC/C=C/C(=O)O. The van der Waals surface area contributed by atoms with Crippen LogP contribution in [0.25, 0.3) is 0 Å². The normalized spacial score (nSPS) is 10.1. The summed E-state index contributed by atoms with van der Waals surface area (Å²) in [6.07, 6.45) is 2.23. The predicted octanol–water partition coefficient (Wildman–Crippen LogP) is -0.205. The van der Waals surface area contributed by atoms with Gasteiger partial charge in [0.25, 0.3) is 0 Å². The van der Waals surface area contributed by atoms with Crippen LogP contribution in [-0.2, 0) is 9.59 Å². The first-order valence-electron chi connectivity index (χ1n) is 5.70. The number of nitrogens with zero attached hydrogens (tertiary/aromatic N) is 1. The van der Waals surface area contributed by atoms with Crippen molar-refractivity contribution in [2.45, 2.75) is 13.8 Å². The zero-order chi connectivity index (χ0) is 14.0. The summed E-state index contributed by atoms with van der Waals surface area (Å²) < 4.78 is 0. The van der Waals surface area contributed by atoms with Crippen molar-refractivity contribution in [3.8, 4) is 0 Å². The molecule has 0 radical (unpaired) electrons. The van der Waals surface area contributed by atoms with Gasteiger partial charge in [-0.2, -0.15) is 0 Å². The minimum atomic E-state index is -1.08. The lowest BCUT2D eigenvalue weighted by molar-refractivity contribution is -0.131. The van der Waals surface area contributed by atoms with Gasteiger partial charge in [0.2, 0.25) is 5.91 Å². The fourth-order valence-corrected chi connectivity index (χ4v) is 1.22. The molecule has 0 fully saturated rings. The number of aliphatic carboxylic acids is 1. The lowest BCUT2D eigenvalue weighted by Crippen LogP contribution is -2.43. The van der Waals surface area contributed by atoms with Gasteiger partial charge in [0.1, 0.15) is 0 Å². The number of carbonyl (C=O) groups is 3.